The van der Waals surface area contributed by atoms with E-state index >= 15 is 0 Å². The summed E-state index contributed by atoms with van der Waals surface area (Å²) < 4.78 is 13.9. The van der Waals surface area contributed by atoms with E-state index in [4.69, 9.17) is 8.83 Å². The van der Waals surface area contributed by atoms with E-state index in [1.807, 2.05) is 0 Å². The number of rotatable bonds is 10. The summed E-state index contributed by atoms with van der Waals surface area (Å²) in [6.45, 7) is 18.4. The second kappa shape index (κ2) is 16.1. The van der Waals surface area contributed by atoms with Crippen LogP contribution in [0.4, 0.5) is 34.1 Å². The van der Waals surface area contributed by atoms with Gasteiger partial charge in [-0.3, -0.25) is 0 Å². The van der Waals surface area contributed by atoms with Crippen LogP contribution in [0.25, 0.3) is 76.2 Å². The maximum atomic E-state index is 6.94. The van der Waals surface area contributed by atoms with Gasteiger partial charge in [-0.25, -0.2) is 0 Å². The van der Waals surface area contributed by atoms with Crippen molar-refractivity contribution in [3.8, 4) is 0 Å². The summed E-state index contributed by atoms with van der Waals surface area (Å²) in [4.78, 5) is 4.91. The van der Waals surface area contributed by atoms with Crippen LogP contribution in [0, 0.1) is 0 Å². The standard InChI is InChI=1S/C64H56N2O2/c1-37(2)41-23-27-43(28-24-41)65(55-19-13-17-49-45-15-9-11-21-59(45)67-63(49)55)57-36-58(52-34-32-48-54(40(7)8)35-53(39(5)6)47-31-33-51(57)62(52)61(47)48)66(44-29-25-42(26-30-44)38(3)4)56-20-14-18-50-46-16-10-12-22-60(46)68-64(50)56/h9-40H,1-8H3. The third-order valence-corrected chi connectivity index (χ3v) is 14.5. The van der Waals surface area contributed by atoms with Gasteiger partial charge in [-0.2, -0.15) is 0 Å². The first kappa shape index (κ1) is 41.8. The van der Waals surface area contributed by atoms with Gasteiger partial charge in [0.25, 0.3) is 0 Å². The maximum absolute atomic E-state index is 6.94. The average molecular weight is 885 g/mol. The Hall–Kier alpha value is -7.56. The molecule has 12 rings (SSSR count). The Balaban J connectivity index is 1.27. The van der Waals surface area contributed by atoms with E-state index < -0.39 is 0 Å². The number of nitrogens with zero attached hydrogens (tertiary/aromatic N) is 2. The lowest BCUT2D eigenvalue weighted by Crippen LogP contribution is -2.15. The fraction of sp³-hybridized carbons (Fsp3) is 0.188. The minimum Gasteiger partial charge on any atom is -0.454 e. The molecule has 334 valence electrons. The van der Waals surface area contributed by atoms with Crippen molar-refractivity contribution >= 4 is 110 Å². The van der Waals surface area contributed by atoms with Gasteiger partial charge in [0.15, 0.2) is 11.2 Å². The van der Waals surface area contributed by atoms with E-state index in [1.54, 1.807) is 0 Å². The highest BCUT2D eigenvalue weighted by Gasteiger charge is 2.29. The number of para-hydroxylation sites is 4. The molecular weight excluding hydrogens is 829 g/mol. The Kier molecular flexibility index (Phi) is 9.88. The molecular formula is C64H56N2O2. The molecule has 12 aromatic rings. The van der Waals surface area contributed by atoms with Crippen LogP contribution in [-0.4, -0.2) is 0 Å². The van der Waals surface area contributed by atoms with Gasteiger partial charge in [-0.1, -0.05) is 171 Å². The molecule has 0 N–H and O–H groups in total. The number of hydrogen-bond acceptors (Lipinski definition) is 4. The number of anilines is 6. The van der Waals surface area contributed by atoms with Crippen molar-refractivity contribution in [2.45, 2.75) is 79.1 Å². The van der Waals surface area contributed by atoms with Crippen molar-refractivity contribution in [2.24, 2.45) is 0 Å². The van der Waals surface area contributed by atoms with Crippen LogP contribution in [0.15, 0.2) is 179 Å². The van der Waals surface area contributed by atoms with Crippen LogP contribution in [0.2, 0.25) is 0 Å². The first-order valence-corrected chi connectivity index (χ1v) is 24.4. The van der Waals surface area contributed by atoms with E-state index in [1.165, 1.54) is 54.6 Å². The number of fused-ring (bicyclic) bond motifs is 6. The molecule has 0 fully saturated rings. The minimum absolute atomic E-state index is 0.333. The van der Waals surface area contributed by atoms with Gasteiger partial charge in [0.05, 0.1) is 22.7 Å². The Morgan fingerprint density at radius 2 is 0.691 bits per heavy atom. The van der Waals surface area contributed by atoms with Crippen LogP contribution >= 0.6 is 0 Å². The molecule has 0 unspecified atom stereocenters. The zero-order valence-electron chi connectivity index (χ0n) is 40.2. The summed E-state index contributed by atoms with van der Waals surface area (Å²) >= 11 is 0. The molecule has 2 aromatic heterocycles. The third kappa shape index (κ3) is 6.48. The molecule has 0 amide bonds. The van der Waals surface area contributed by atoms with Crippen LogP contribution in [0.5, 0.6) is 0 Å². The van der Waals surface area contributed by atoms with Gasteiger partial charge >= 0.3 is 0 Å². The van der Waals surface area contributed by atoms with Crippen LogP contribution in [-0.2, 0) is 0 Å². The molecule has 4 nitrogen and oxygen atoms in total. The van der Waals surface area contributed by atoms with E-state index in [-0.39, 0.29) is 0 Å². The molecule has 0 atom stereocenters. The van der Waals surface area contributed by atoms with Crippen molar-refractivity contribution in [3.63, 3.8) is 0 Å². The second-order valence-electron chi connectivity index (χ2n) is 20.0. The largest absolute Gasteiger partial charge is 0.454 e. The van der Waals surface area contributed by atoms with Crippen molar-refractivity contribution in [1.82, 2.24) is 0 Å². The topological polar surface area (TPSA) is 32.8 Å². The average Bonchev–Trinajstić information content (AvgIpc) is 3.93. The van der Waals surface area contributed by atoms with E-state index in [2.05, 4.69) is 235 Å². The molecule has 0 saturated heterocycles. The maximum Gasteiger partial charge on any atom is 0.159 e. The molecule has 0 aliphatic rings. The molecule has 0 saturated carbocycles. The first-order valence-electron chi connectivity index (χ1n) is 24.4. The highest BCUT2D eigenvalue weighted by atomic mass is 16.3. The van der Waals surface area contributed by atoms with Gasteiger partial charge < -0.3 is 18.6 Å². The van der Waals surface area contributed by atoms with Gasteiger partial charge in [-0.05, 0) is 117 Å². The highest BCUT2D eigenvalue weighted by molar-refractivity contribution is 6.30. The lowest BCUT2D eigenvalue weighted by molar-refractivity contribution is 0.669. The zero-order valence-corrected chi connectivity index (χ0v) is 40.2. The predicted octanol–water partition coefficient (Wildman–Crippen LogP) is 19.8. The first-order chi connectivity index (χ1) is 33.0. The molecule has 4 heteroatoms. The van der Waals surface area contributed by atoms with Gasteiger partial charge in [0, 0.05) is 49.1 Å². The van der Waals surface area contributed by atoms with Crippen LogP contribution < -0.4 is 9.80 Å². The minimum atomic E-state index is 0.333. The van der Waals surface area contributed by atoms with Gasteiger partial charge in [0.1, 0.15) is 11.2 Å². The lowest BCUT2D eigenvalue weighted by Gasteiger charge is -2.33. The zero-order chi connectivity index (χ0) is 46.5. The molecule has 0 radical (unpaired) electrons. The fourth-order valence-electron chi connectivity index (χ4n) is 11.0. The van der Waals surface area contributed by atoms with Gasteiger partial charge in [-0.15, -0.1) is 0 Å². The van der Waals surface area contributed by atoms with E-state index in [0.717, 1.165) is 78.0 Å². The lowest BCUT2D eigenvalue weighted by atomic mass is 9.83. The molecule has 0 bridgehead atoms. The summed E-state index contributed by atoms with van der Waals surface area (Å²) in [6.07, 6.45) is 0. The summed E-state index contributed by atoms with van der Waals surface area (Å²) in [6, 6.07) is 62.8. The molecule has 0 spiro atoms. The number of furan rings is 2. The van der Waals surface area contributed by atoms with Crippen LogP contribution in [0.1, 0.15) is 101 Å². The molecule has 0 aliphatic carbocycles. The van der Waals surface area contributed by atoms with Crippen molar-refractivity contribution < 1.29 is 8.83 Å². The summed E-state index contributed by atoms with van der Waals surface area (Å²) in [5.74, 6) is 1.44. The smallest absolute Gasteiger partial charge is 0.159 e. The molecule has 10 aromatic carbocycles. The Labute approximate surface area is 398 Å². The third-order valence-electron chi connectivity index (χ3n) is 14.5. The summed E-state index contributed by atoms with van der Waals surface area (Å²) in [7, 11) is 0. The number of benzene rings is 10. The SMILES string of the molecule is CC(C)c1ccc(N(c2cc(N(c3ccc(C(C)C)cc3)c3cccc4c3oc3ccccc34)c3ccc4c(C(C)C)cc(C(C)C)c5ccc2c3c54)c2cccc3c2oc2ccccc23)cc1. The quantitative estimate of drug-likeness (QED) is 0.128. The fourth-order valence-corrected chi connectivity index (χ4v) is 11.0. The van der Waals surface area contributed by atoms with Crippen LogP contribution in [0.3, 0.4) is 0 Å². The molecule has 2 heterocycles. The summed E-state index contributed by atoms with van der Waals surface area (Å²) in [5, 5.41) is 11.9. The Bertz CT molecular complexity index is 3620. The van der Waals surface area contributed by atoms with E-state index in [0.29, 0.717) is 23.7 Å². The van der Waals surface area contributed by atoms with Crippen molar-refractivity contribution in [1.29, 1.82) is 0 Å². The molecule has 68 heavy (non-hydrogen) atoms. The van der Waals surface area contributed by atoms with Crippen molar-refractivity contribution in [3.05, 3.63) is 192 Å². The normalized spacial score (nSPS) is 12.4. The van der Waals surface area contributed by atoms with E-state index in [9.17, 15) is 0 Å². The Morgan fingerprint density at radius 1 is 0.309 bits per heavy atom. The Morgan fingerprint density at radius 3 is 1.10 bits per heavy atom. The molecule has 0 aliphatic heterocycles. The van der Waals surface area contributed by atoms with Gasteiger partial charge in [0.2, 0.25) is 0 Å². The monoisotopic (exact) mass is 884 g/mol. The number of hydrogen-bond donors (Lipinski definition) is 0. The summed E-state index contributed by atoms with van der Waals surface area (Å²) in [5.41, 5.74) is 15.0. The second-order valence-corrected chi connectivity index (χ2v) is 20.0. The highest BCUT2D eigenvalue weighted by Crippen LogP contribution is 2.54. The predicted molar refractivity (Wildman–Crippen MR) is 290 cm³/mol. The van der Waals surface area contributed by atoms with Crippen molar-refractivity contribution in [2.75, 3.05) is 9.80 Å².